The Morgan fingerprint density at radius 1 is 1.38 bits per heavy atom. The monoisotopic (exact) mass is 363 g/mol. The summed E-state index contributed by atoms with van der Waals surface area (Å²) in [5, 5.41) is 8.02. The highest BCUT2D eigenvalue weighted by Crippen LogP contribution is 2.37. The van der Waals surface area contributed by atoms with Gasteiger partial charge >= 0.3 is 5.97 Å². The first-order valence-electron chi connectivity index (χ1n) is 7.18. The Labute approximate surface area is 147 Å². The van der Waals surface area contributed by atoms with Crippen LogP contribution in [0.3, 0.4) is 0 Å². The normalized spacial score (nSPS) is 10.8. The van der Waals surface area contributed by atoms with E-state index in [-0.39, 0.29) is 5.91 Å². The number of aromatic nitrogens is 2. The molecule has 3 aromatic rings. The second-order valence-electron chi connectivity index (χ2n) is 4.93. The number of nitrogens with one attached hydrogen (secondary N) is 1. The van der Waals surface area contributed by atoms with Crippen LogP contribution < -0.4 is 5.32 Å². The molecule has 0 atom stereocenters. The van der Waals surface area contributed by atoms with Gasteiger partial charge in [-0.05, 0) is 31.2 Å². The summed E-state index contributed by atoms with van der Waals surface area (Å²) >= 11 is 7.45. The minimum atomic E-state index is -0.473. The lowest BCUT2D eigenvalue weighted by Gasteiger charge is -2.06. The van der Waals surface area contributed by atoms with E-state index in [1.807, 2.05) is 6.92 Å². The van der Waals surface area contributed by atoms with Crippen molar-refractivity contribution in [1.29, 1.82) is 0 Å². The zero-order chi connectivity index (χ0) is 17.3. The number of esters is 1. The predicted molar refractivity (Wildman–Crippen MR) is 94.0 cm³/mol. The molecule has 0 fully saturated rings. The minimum Gasteiger partial charge on any atom is -0.465 e. The van der Waals surface area contributed by atoms with Crippen LogP contribution in [-0.2, 0) is 11.3 Å². The Kier molecular flexibility index (Phi) is 4.55. The van der Waals surface area contributed by atoms with E-state index in [2.05, 4.69) is 10.4 Å². The smallest absolute Gasteiger partial charge is 0.349 e. The number of hydrogen-bond acceptors (Lipinski definition) is 5. The third kappa shape index (κ3) is 2.88. The molecule has 2 aromatic heterocycles. The van der Waals surface area contributed by atoms with Crippen LogP contribution >= 0.6 is 22.9 Å². The molecule has 3 rings (SSSR count). The average molecular weight is 364 g/mol. The van der Waals surface area contributed by atoms with Gasteiger partial charge in [0, 0.05) is 28.5 Å². The standard InChI is InChI=1S/C16H14ClN3O3S/c1-3-20-11(6-7-18-20)15(21)19-9-4-5-10-12(8-9)24-14(13(10)17)16(22)23-2/h4-8H,3H2,1-2H3,(H,19,21). The molecule has 6 nitrogen and oxygen atoms in total. The number of aryl methyl sites for hydroxylation is 1. The van der Waals surface area contributed by atoms with E-state index in [0.717, 1.165) is 10.1 Å². The second-order valence-corrected chi connectivity index (χ2v) is 6.36. The molecule has 0 saturated carbocycles. The molecule has 1 N–H and O–H groups in total. The highest BCUT2D eigenvalue weighted by Gasteiger charge is 2.18. The van der Waals surface area contributed by atoms with E-state index in [4.69, 9.17) is 16.3 Å². The van der Waals surface area contributed by atoms with Crippen molar-refractivity contribution in [1.82, 2.24) is 9.78 Å². The number of rotatable bonds is 4. The summed E-state index contributed by atoms with van der Waals surface area (Å²) in [5.41, 5.74) is 1.10. The van der Waals surface area contributed by atoms with Gasteiger partial charge < -0.3 is 10.1 Å². The average Bonchev–Trinajstić information content (AvgIpc) is 3.18. The highest BCUT2D eigenvalue weighted by molar-refractivity contribution is 7.21. The fraction of sp³-hybridized carbons (Fsp3) is 0.188. The van der Waals surface area contributed by atoms with Crippen LogP contribution in [0, 0.1) is 0 Å². The Balaban J connectivity index is 1.91. The maximum atomic E-state index is 12.3. The van der Waals surface area contributed by atoms with E-state index in [0.29, 0.717) is 27.8 Å². The number of amides is 1. The predicted octanol–water partition coefficient (Wildman–Crippen LogP) is 3.81. The molecule has 0 saturated heterocycles. The van der Waals surface area contributed by atoms with Crippen molar-refractivity contribution in [2.45, 2.75) is 13.5 Å². The first-order valence-corrected chi connectivity index (χ1v) is 8.38. The number of fused-ring (bicyclic) bond motifs is 1. The number of methoxy groups -OCH3 is 1. The number of thiophene rings is 1. The number of hydrogen-bond donors (Lipinski definition) is 1. The van der Waals surface area contributed by atoms with Gasteiger partial charge in [0.25, 0.3) is 5.91 Å². The summed E-state index contributed by atoms with van der Waals surface area (Å²) in [6, 6.07) is 6.96. The molecule has 0 radical (unpaired) electrons. The molecular formula is C16H14ClN3O3S. The van der Waals surface area contributed by atoms with Crippen LogP contribution in [0.5, 0.6) is 0 Å². The largest absolute Gasteiger partial charge is 0.465 e. The SMILES string of the molecule is CCn1nccc1C(=O)Nc1ccc2c(Cl)c(C(=O)OC)sc2c1. The molecule has 1 aromatic carbocycles. The van der Waals surface area contributed by atoms with Gasteiger partial charge in [0.1, 0.15) is 10.6 Å². The van der Waals surface area contributed by atoms with Crippen LogP contribution in [0.4, 0.5) is 5.69 Å². The number of carbonyl (C=O) groups excluding carboxylic acids is 2. The Bertz CT molecular complexity index is 932. The van der Waals surface area contributed by atoms with Crippen LogP contribution in [0.2, 0.25) is 5.02 Å². The van der Waals surface area contributed by atoms with Gasteiger partial charge in [0.15, 0.2) is 0 Å². The quantitative estimate of drug-likeness (QED) is 0.715. The zero-order valence-corrected chi connectivity index (χ0v) is 14.6. The molecule has 0 unspecified atom stereocenters. The Morgan fingerprint density at radius 2 is 2.17 bits per heavy atom. The number of nitrogens with zero attached hydrogens (tertiary/aromatic N) is 2. The van der Waals surface area contributed by atoms with Gasteiger partial charge in [-0.1, -0.05) is 11.6 Å². The molecule has 0 bridgehead atoms. The van der Waals surface area contributed by atoms with Crippen molar-refractivity contribution < 1.29 is 14.3 Å². The fourth-order valence-electron chi connectivity index (χ4n) is 2.34. The Morgan fingerprint density at radius 3 is 2.88 bits per heavy atom. The van der Waals surface area contributed by atoms with Crippen LogP contribution in [0.1, 0.15) is 27.1 Å². The van der Waals surface area contributed by atoms with Gasteiger partial charge in [-0.25, -0.2) is 4.79 Å². The first-order chi connectivity index (χ1) is 11.5. The molecule has 1 amide bonds. The van der Waals surface area contributed by atoms with Crippen LogP contribution in [-0.4, -0.2) is 28.8 Å². The maximum absolute atomic E-state index is 12.3. The summed E-state index contributed by atoms with van der Waals surface area (Å²) < 4.78 is 7.13. The summed E-state index contributed by atoms with van der Waals surface area (Å²) in [7, 11) is 1.31. The van der Waals surface area contributed by atoms with Crippen molar-refractivity contribution in [3.8, 4) is 0 Å². The van der Waals surface area contributed by atoms with Crippen molar-refractivity contribution in [3.05, 3.63) is 46.1 Å². The molecule has 24 heavy (non-hydrogen) atoms. The second kappa shape index (κ2) is 6.62. The van der Waals surface area contributed by atoms with Gasteiger partial charge in [0.2, 0.25) is 0 Å². The number of halogens is 1. The van der Waals surface area contributed by atoms with Crippen molar-refractivity contribution in [2.24, 2.45) is 0 Å². The molecule has 0 aliphatic heterocycles. The van der Waals surface area contributed by atoms with Crippen LogP contribution in [0.15, 0.2) is 30.5 Å². The number of carbonyl (C=O) groups is 2. The minimum absolute atomic E-state index is 0.246. The summed E-state index contributed by atoms with van der Waals surface area (Å²) in [6.07, 6.45) is 1.59. The van der Waals surface area contributed by atoms with Gasteiger partial charge in [-0.2, -0.15) is 5.10 Å². The lowest BCUT2D eigenvalue weighted by Crippen LogP contribution is -2.17. The first kappa shape index (κ1) is 16.5. The molecule has 124 valence electrons. The number of anilines is 1. The van der Waals surface area contributed by atoms with Crippen molar-refractivity contribution in [2.75, 3.05) is 12.4 Å². The Hall–Kier alpha value is -2.38. The molecule has 0 spiro atoms. The van der Waals surface area contributed by atoms with Crippen molar-refractivity contribution >= 4 is 50.6 Å². The van der Waals surface area contributed by atoms with E-state index in [1.54, 1.807) is 35.1 Å². The number of ether oxygens (including phenoxy) is 1. The van der Waals surface area contributed by atoms with Gasteiger partial charge in [-0.15, -0.1) is 11.3 Å². The van der Waals surface area contributed by atoms with Crippen LogP contribution in [0.25, 0.3) is 10.1 Å². The lowest BCUT2D eigenvalue weighted by atomic mass is 10.2. The topological polar surface area (TPSA) is 73.2 Å². The third-order valence-corrected chi connectivity index (χ3v) is 5.14. The molecule has 2 heterocycles. The van der Waals surface area contributed by atoms with Gasteiger partial charge in [0.05, 0.1) is 12.1 Å². The van der Waals surface area contributed by atoms with E-state index in [9.17, 15) is 9.59 Å². The molecule has 8 heteroatoms. The molecule has 0 aliphatic carbocycles. The van der Waals surface area contributed by atoms with E-state index < -0.39 is 5.97 Å². The molecular weight excluding hydrogens is 350 g/mol. The summed E-state index contributed by atoms with van der Waals surface area (Å²) in [5.74, 6) is -0.719. The lowest BCUT2D eigenvalue weighted by molar-refractivity contribution is 0.0606. The maximum Gasteiger partial charge on any atom is 0.349 e. The summed E-state index contributed by atoms with van der Waals surface area (Å²) in [6.45, 7) is 2.52. The fourth-order valence-corrected chi connectivity index (χ4v) is 3.81. The van der Waals surface area contributed by atoms with E-state index >= 15 is 0 Å². The third-order valence-electron chi connectivity index (χ3n) is 3.51. The summed E-state index contributed by atoms with van der Waals surface area (Å²) in [4.78, 5) is 24.4. The van der Waals surface area contributed by atoms with E-state index in [1.165, 1.54) is 18.4 Å². The van der Waals surface area contributed by atoms with Crippen molar-refractivity contribution in [3.63, 3.8) is 0 Å². The van der Waals surface area contributed by atoms with Gasteiger partial charge in [-0.3, -0.25) is 9.48 Å². The highest BCUT2D eigenvalue weighted by atomic mass is 35.5. The number of benzene rings is 1. The zero-order valence-electron chi connectivity index (χ0n) is 13.0. The molecule has 0 aliphatic rings.